The summed E-state index contributed by atoms with van der Waals surface area (Å²) in [5.41, 5.74) is 1.82. The molecule has 1 N–H and O–H groups in total. The van der Waals surface area contributed by atoms with Crippen LogP contribution in [0.3, 0.4) is 0 Å². The highest BCUT2D eigenvalue weighted by Gasteiger charge is 2.16. The molecule has 0 aliphatic carbocycles. The molecular weight excluding hydrogens is 406 g/mol. The molecule has 0 saturated carbocycles. The second-order valence-electron chi connectivity index (χ2n) is 5.98. The van der Waals surface area contributed by atoms with Crippen LogP contribution in [0.15, 0.2) is 48.5 Å². The van der Waals surface area contributed by atoms with Crippen LogP contribution in [0.1, 0.15) is 16.1 Å². The Labute approximate surface area is 169 Å². The van der Waals surface area contributed by atoms with Crippen LogP contribution in [0.4, 0.5) is 14.5 Å². The minimum atomic E-state index is -3.01. The molecule has 0 aliphatic heterocycles. The number of aryl methyl sites for hydroxylation is 1. The summed E-state index contributed by atoms with van der Waals surface area (Å²) < 4.78 is 33.8. The molecule has 29 heavy (non-hydrogen) atoms. The first kappa shape index (κ1) is 20.5. The standard InChI is InChI=1S/C20H15ClF2N2O4/c1-11-8-14(13-4-2-3-5-16(13)24-11)19(27)28-10-18(26)25-12-6-7-17(15(21)9-12)29-20(22)23/h2-9,20H,10H2,1H3,(H,25,26). The summed E-state index contributed by atoms with van der Waals surface area (Å²) in [5.74, 6) is -1.50. The lowest BCUT2D eigenvalue weighted by Crippen LogP contribution is -2.21. The number of alkyl halides is 2. The van der Waals surface area contributed by atoms with E-state index in [1.54, 1.807) is 37.3 Å². The largest absolute Gasteiger partial charge is 0.452 e. The quantitative estimate of drug-likeness (QED) is 0.590. The number of benzene rings is 2. The van der Waals surface area contributed by atoms with Crippen molar-refractivity contribution in [2.75, 3.05) is 11.9 Å². The molecule has 0 unspecified atom stereocenters. The molecule has 0 bridgehead atoms. The fourth-order valence-electron chi connectivity index (χ4n) is 2.65. The normalized spacial score (nSPS) is 10.8. The van der Waals surface area contributed by atoms with Crippen LogP contribution in [0.25, 0.3) is 10.9 Å². The fraction of sp³-hybridized carbons (Fsp3) is 0.150. The van der Waals surface area contributed by atoms with Crippen molar-refractivity contribution in [2.45, 2.75) is 13.5 Å². The molecule has 1 aromatic heterocycles. The van der Waals surface area contributed by atoms with E-state index in [1.807, 2.05) is 0 Å². The number of hydrogen-bond donors (Lipinski definition) is 1. The third kappa shape index (κ3) is 5.17. The van der Waals surface area contributed by atoms with Gasteiger partial charge in [-0.05, 0) is 37.3 Å². The van der Waals surface area contributed by atoms with Gasteiger partial charge < -0.3 is 14.8 Å². The van der Waals surface area contributed by atoms with Gasteiger partial charge in [-0.1, -0.05) is 29.8 Å². The minimum Gasteiger partial charge on any atom is -0.452 e. The Bertz CT molecular complexity index is 1080. The van der Waals surface area contributed by atoms with Gasteiger partial charge in [0.1, 0.15) is 5.75 Å². The van der Waals surface area contributed by atoms with Gasteiger partial charge >= 0.3 is 12.6 Å². The summed E-state index contributed by atoms with van der Waals surface area (Å²) in [7, 11) is 0. The third-order valence-corrected chi connectivity index (χ3v) is 4.13. The molecule has 6 nitrogen and oxygen atoms in total. The van der Waals surface area contributed by atoms with Gasteiger partial charge in [0.05, 0.1) is 16.1 Å². The van der Waals surface area contributed by atoms with E-state index in [0.717, 1.165) is 0 Å². The number of carbonyl (C=O) groups is 2. The van der Waals surface area contributed by atoms with Gasteiger partial charge in [-0.2, -0.15) is 8.78 Å². The first-order chi connectivity index (χ1) is 13.8. The molecule has 2 aromatic carbocycles. The zero-order valence-corrected chi connectivity index (χ0v) is 15.9. The second-order valence-corrected chi connectivity index (χ2v) is 6.38. The van der Waals surface area contributed by atoms with Gasteiger partial charge in [0.25, 0.3) is 5.91 Å². The van der Waals surface area contributed by atoms with Gasteiger partial charge in [0.2, 0.25) is 0 Å². The SMILES string of the molecule is Cc1cc(C(=O)OCC(=O)Nc2ccc(OC(F)F)c(Cl)c2)c2ccccc2n1. The Morgan fingerprint density at radius 3 is 2.66 bits per heavy atom. The molecule has 150 valence electrons. The number of amides is 1. The summed E-state index contributed by atoms with van der Waals surface area (Å²) in [4.78, 5) is 28.8. The van der Waals surface area contributed by atoms with Gasteiger partial charge in [-0.3, -0.25) is 9.78 Å². The maximum absolute atomic E-state index is 12.4. The van der Waals surface area contributed by atoms with Gasteiger partial charge in [0, 0.05) is 16.8 Å². The number of nitrogens with one attached hydrogen (secondary N) is 1. The average molecular weight is 421 g/mol. The molecule has 0 fully saturated rings. The van der Waals surface area contributed by atoms with Crippen molar-refractivity contribution in [3.8, 4) is 5.75 Å². The number of aromatic nitrogens is 1. The molecule has 0 atom stereocenters. The Hall–Kier alpha value is -3.26. The number of pyridine rings is 1. The Kier molecular flexibility index (Phi) is 6.23. The Morgan fingerprint density at radius 1 is 1.17 bits per heavy atom. The molecule has 1 amide bonds. The Balaban J connectivity index is 1.64. The van der Waals surface area contributed by atoms with Crippen LogP contribution in [0.2, 0.25) is 5.02 Å². The highest BCUT2D eigenvalue weighted by atomic mass is 35.5. The lowest BCUT2D eigenvalue weighted by Gasteiger charge is -2.11. The topological polar surface area (TPSA) is 77.5 Å². The van der Waals surface area contributed by atoms with E-state index in [2.05, 4.69) is 15.0 Å². The number of rotatable bonds is 6. The number of nitrogens with zero attached hydrogens (tertiary/aromatic N) is 1. The summed E-state index contributed by atoms with van der Waals surface area (Å²) in [6.45, 7) is -1.80. The summed E-state index contributed by atoms with van der Waals surface area (Å²) in [6.07, 6.45) is 0. The van der Waals surface area contributed by atoms with Crippen LogP contribution in [0.5, 0.6) is 5.75 Å². The van der Waals surface area contributed by atoms with E-state index < -0.39 is 25.1 Å². The van der Waals surface area contributed by atoms with Crippen molar-refractivity contribution in [2.24, 2.45) is 0 Å². The predicted molar refractivity (Wildman–Crippen MR) is 103 cm³/mol. The first-order valence-electron chi connectivity index (χ1n) is 8.41. The van der Waals surface area contributed by atoms with Crippen LogP contribution < -0.4 is 10.1 Å². The lowest BCUT2D eigenvalue weighted by atomic mass is 10.1. The van der Waals surface area contributed by atoms with E-state index in [9.17, 15) is 18.4 Å². The molecular formula is C20H15ClF2N2O4. The van der Waals surface area contributed by atoms with E-state index >= 15 is 0 Å². The van der Waals surface area contributed by atoms with Crippen LogP contribution in [0, 0.1) is 6.92 Å². The van der Waals surface area contributed by atoms with Crippen LogP contribution in [-0.4, -0.2) is 30.1 Å². The van der Waals surface area contributed by atoms with Crippen molar-refractivity contribution in [1.29, 1.82) is 0 Å². The Morgan fingerprint density at radius 2 is 1.93 bits per heavy atom. The number of carbonyl (C=O) groups excluding carboxylic acids is 2. The zero-order valence-electron chi connectivity index (χ0n) is 15.1. The number of anilines is 1. The fourth-order valence-corrected chi connectivity index (χ4v) is 2.88. The zero-order chi connectivity index (χ0) is 21.0. The first-order valence-corrected chi connectivity index (χ1v) is 8.79. The molecule has 0 aliphatic rings. The van der Waals surface area contributed by atoms with Gasteiger partial charge in [-0.15, -0.1) is 0 Å². The van der Waals surface area contributed by atoms with Gasteiger partial charge in [-0.25, -0.2) is 4.79 Å². The van der Waals surface area contributed by atoms with E-state index in [1.165, 1.54) is 18.2 Å². The number of fused-ring (bicyclic) bond motifs is 1. The number of ether oxygens (including phenoxy) is 2. The molecule has 0 radical (unpaired) electrons. The maximum atomic E-state index is 12.4. The van der Waals surface area contributed by atoms with E-state index in [-0.39, 0.29) is 16.5 Å². The third-order valence-electron chi connectivity index (χ3n) is 3.83. The van der Waals surface area contributed by atoms with Gasteiger partial charge in [0.15, 0.2) is 6.61 Å². The number of halogens is 3. The monoisotopic (exact) mass is 420 g/mol. The molecule has 0 spiro atoms. The molecule has 1 heterocycles. The van der Waals surface area contributed by atoms with Crippen LogP contribution in [-0.2, 0) is 9.53 Å². The highest BCUT2D eigenvalue weighted by molar-refractivity contribution is 6.32. The lowest BCUT2D eigenvalue weighted by molar-refractivity contribution is -0.119. The molecule has 3 aromatic rings. The number of hydrogen-bond acceptors (Lipinski definition) is 5. The minimum absolute atomic E-state index is 0.0983. The molecule has 9 heteroatoms. The smallest absolute Gasteiger partial charge is 0.387 e. The number of esters is 1. The van der Waals surface area contributed by atoms with Crippen molar-refractivity contribution in [3.63, 3.8) is 0 Å². The summed E-state index contributed by atoms with van der Waals surface area (Å²) in [5, 5.41) is 2.98. The van der Waals surface area contributed by atoms with E-state index in [0.29, 0.717) is 22.2 Å². The second kappa shape index (κ2) is 8.83. The number of para-hydroxylation sites is 1. The van der Waals surface area contributed by atoms with Crippen molar-refractivity contribution >= 4 is 40.1 Å². The maximum Gasteiger partial charge on any atom is 0.387 e. The molecule has 0 saturated heterocycles. The predicted octanol–water partition coefficient (Wildman–Crippen LogP) is 4.59. The van der Waals surface area contributed by atoms with E-state index in [4.69, 9.17) is 16.3 Å². The highest BCUT2D eigenvalue weighted by Crippen LogP contribution is 2.29. The summed E-state index contributed by atoms with van der Waals surface area (Å²) >= 11 is 5.83. The van der Waals surface area contributed by atoms with Crippen molar-refractivity contribution < 1.29 is 27.8 Å². The summed E-state index contributed by atoms with van der Waals surface area (Å²) in [6, 6.07) is 12.5. The van der Waals surface area contributed by atoms with Crippen LogP contribution >= 0.6 is 11.6 Å². The average Bonchev–Trinajstić information content (AvgIpc) is 2.67. The van der Waals surface area contributed by atoms with Crippen molar-refractivity contribution in [1.82, 2.24) is 4.98 Å². The molecule has 3 rings (SSSR count). The van der Waals surface area contributed by atoms with Crippen molar-refractivity contribution in [3.05, 3.63) is 64.8 Å².